The fourth-order valence-corrected chi connectivity index (χ4v) is 3.30. The first-order chi connectivity index (χ1) is 7.72. The molecule has 2 unspecified atom stereocenters. The van der Waals surface area contributed by atoms with E-state index >= 15 is 0 Å². The van der Waals surface area contributed by atoms with Crippen molar-refractivity contribution in [3.63, 3.8) is 0 Å². The smallest absolute Gasteiger partial charge is 0.0677 e. The van der Waals surface area contributed by atoms with E-state index in [2.05, 4.69) is 11.4 Å². The average molecular weight is 222 g/mol. The quantitative estimate of drug-likeness (QED) is 0.716. The first kappa shape index (κ1) is 11.9. The number of rotatable bonds is 4. The highest BCUT2D eigenvalue weighted by Crippen LogP contribution is 2.35. The predicted molar refractivity (Wildman–Crippen MR) is 62.8 cm³/mol. The maximum absolute atomic E-state index is 10.6. The van der Waals surface area contributed by atoms with E-state index in [1.807, 2.05) is 0 Å². The van der Waals surface area contributed by atoms with E-state index in [0.29, 0.717) is 18.5 Å². The maximum atomic E-state index is 10.6. The van der Waals surface area contributed by atoms with Gasteiger partial charge in [-0.2, -0.15) is 5.26 Å². The molecule has 0 spiro atoms. The molecule has 2 N–H and O–H groups in total. The number of hydrogen-bond donors (Lipinski definition) is 2. The third-order valence-electron chi connectivity index (χ3n) is 4.01. The van der Waals surface area contributed by atoms with Gasteiger partial charge in [-0.3, -0.25) is 0 Å². The molecule has 0 aromatic heterocycles. The van der Waals surface area contributed by atoms with E-state index in [-0.39, 0.29) is 0 Å². The van der Waals surface area contributed by atoms with Crippen molar-refractivity contribution in [1.29, 1.82) is 5.26 Å². The van der Waals surface area contributed by atoms with Gasteiger partial charge in [0.05, 0.1) is 11.7 Å². The topological polar surface area (TPSA) is 56.0 Å². The molecule has 0 amide bonds. The summed E-state index contributed by atoms with van der Waals surface area (Å²) in [6.45, 7) is 0. The SMILES string of the molecule is N#CCCCCC1(O)CC2CCCC(C1)N2. The van der Waals surface area contributed by atoms with Gasteiger partial charge in [-0.05, 0) is 44.9 Å². The van der Waals surface area contributed by atoms with Crippen molar-refractivity contribution in [2.75, 3.05) is 0 Å². The average Bonchev–Trinajstić information content (AvgIpc) is 2.24. The molecule has 2 heterocycles. The summed E-state index contributed by atoms with van der Waals surface area (Å²) in [5.74, 6) is 0. The minimum Gasteiger partial charge on any atom is -0.390 e. The van der Waals surface area contributed by atoms with Crippen LogP contribution in [0.3, 0.4) is 0 Å². The second-order valence-corrected chi connectivity index (χ2v) is 5.49. The lowest BCUT2D eigenvalue weighted by molar-refractivity contribution is -0.0386. The molecule has 2 atom stereocenters. The van der Waals surface area contributed by atoms with Crippen molar-refractivity contribution < 1.29 is 5.11 Å². The van der Waals surface area contributed by atoms with Gasteiger partial charge < -0.3 is 10.4 Å². The molecule has 2 aliphatic heterocycles. The molecule has 2 aliphatic rings. The Morgan fingerprint density at radius 2 is 1.94 bits per heavy atom. The van der Waals surface area contributed by atoms with Gasteiger partial charge in [-0.15, -0.1) is 0 Å². The third kappa shape index (κ3) is 2.96. The van der Waals surface area contributed by atoms with Gasteiger partial charge in [-0.25, -0.2) is 0 Å². The largest absolute Gasteiger partial charge is 0.390 e. The molecule has 3 heteroatoms. The highest BCUT2D eigenvalue weighted by molar-refractivity contribution is 4.97. The Labute approximate surface area is 97.8 Å². The summed E-state index contributed by atoms with van der Waals surface area (Å²) >= 11 is 0. The molecule has 0 aromatic rings. The molecule has 16 heavy (non-hydrogen) atoms. The van der Waals surface area contributed by atoms with Crippen LogP contribution in [-0.4, -0.2) is 22.8 Å². The molecule has 2 fully saturated rings. The number of nitrogens with zero attached hydrogens (tertiary/aromatic N) is 1. The lowest BCUT2D eigenvalue weighted by Gasteiger charge is -2.45. The lowest BCUT2D eigenvalue weighted by atomic mass is 9.75. The first-order valence-corrected chi connectivity index (χ1v) is 6.57. The zero-order valence-electron chi connectivity index (χ0n) is 9.91. The minimum atomic E-state index is -0.448. The van der Waals surface area contributed by atoms with Gasteiger partial charge in [-0.1, -0.05) is 6.42 Å². The fraction of sp³-hybridized carbons (Fsp3) is 0.923. The maximum Gasteiger partial charge on any atom is 0.0677 e. The van der Waals surface area contributed by atoms with E-state index in [1.165, 1.54) is 19.3 Å². The fourth-order valence-electron chi connectivity index (χ4n) is 3.30. The number of hydrogen-bond acceptors (Lipinski definition) is 3. The summed E-state index contributed by atoms with van der Waals surface area (Å²) < 4.78 is 0. The van der Waals surface area contributed by atoms with Crippen LogP contribution in [-0.2, 0) is 0 Å². The highest BCUT2D eigenvalue weighted by Gasteiger charge is 2.39. The number of aliphatic hydroxyl groups is 1. The molecular formula is C13H22N2O. The van der Waals surface area contributed by atoms with E-state index in [9.17, 15) is 5.11 Å². The number of fused-ring (bicyclic) bond motifs is 2. The van der Waals surface area contributed by atoms with Gasteiger partial charge in [0, 0.05) is 18.5 Å². The van der Waals surface area contributed by atoms with Crippen LogP contribution in [0.25, 0.3) is 0 Å². The molecule has 0 radical (unpaired) electrons. The van der Waals surface area contributed by atoms with Crippen molar-refractivity contribution in [2.24, 2.45) is 0 Å². The van der Waals surface area contributed by atoms with E-state index < -0.39 is 5.60 Å². The van der Waals surface area contributed by atoms with Crippen LogP contribution in [0.5, 0.6) is 0 Å². The molecule has 0 aliphatic carbocycles. The van der Waals surface area contributed by atoms with E-state index in [4.69, 9.17) is 5.26 Å². The Hall–Kier alpha value is -0.590. The summed E-state index contributed by atoms with van der Waals surface area (Å²) in [5, 5.41) is 22.6. The van der Waals surface area contributed by atoms with Crippen LogP contribution in [0, 0.1) is 11.3 Å². The normalized spacial score (nSPS) is 38.0. The zero-order valence-corrected chi connectivity index (χ0v) is 9.91. The van der Waals surface area contributed by atoms with Crippen LogP contribution >= 0.6 is 0 Å². The molecule has 2 rings (SSSR count). The summed E-state index contributed by atoms with van der Waals surface area (Å²) in [6.07, 6.45) is 9.00. The van der Waals surface area contributed by atoms with Crippen molar-refractivity contribution in [1.82, 2.24) is 5.32 Å². The van der Waals surface area contributed by atoms with Crippen LogP contribution in [0.15, 0.2) is 0 Å². The summed E-state index contributed by atoms with van der Waals surface area (Å²) in [5.41, 5.74) is -0.448. The van der Waals surface area contributed by atoms with Gasteiger partial charge in [0.1, 0.15) is 0 Å². The Morgan fingerprint density at radius 1 is 1.25 bits per heavy atom. The van der Waals surface area contributed by atoms with Crippen molar-refractivity contribution in [3.05, 3.63) is 0 Å². The standard InChI is InChI=1S/C13H22N2O/c14-8-3-1-2-7-13(16)9-11-5-4-6-12(10-13)15-11/h11-12,15-16H,1-7,9-10H2. The second-order valence-electron chi connectivity index (χ2n) is 5.49. The Bertz CT molecular complexity index is 260. The van der Waals surface area contributed by atoms with E-state index in [1.54, 1.807) is 0 Å². The molecule has 3 nitrogen and oxygen atoms in total. The van der Waals surface area contributed by atoms with Crippen molar-refractivity contribution in [3.8, 4) is 6.07 Å². The van der Waals surface area contributed by atoms with Crippen molar-refractivity contribution >= 4 is 0 Å². The molecule has 0 saturated carbocycles. The van der Waals surface area contributed by atoms with Crippen LogP contribution in [0.1, 0.15) is 57.8 Å². The van der Waals surface area contributed by atoms with Crippen LogP contribution < -0.4 is 5.32 Å². The summed E-state index contributed by atoms with van der Waals surface area (Å²) in [4.78, 5) is 0. The van der Waals surface area contributed by atoms with Crippen LogP contribution in [0.4, 0.5) is 0 Å². The predicted octanol–water partition coefficient (Wildman–Crippen LogP) is 2.11. The Kier molecular flexibility index (Phi) is 3.83. The highest BCUT2D eigenvalue weighted by atomic mass is 16.3. The Morgan fingerprint density at radius 3 is 2.56 bits per heavy atom. The summed E-state index contributed by atoms with van der Waals surface area (Å²) in [6, 6.07) is 3.24. The number of nitrogens with one attached hydrogen (secondary N) is 1. The lowest BCUT2D eigenvalue weighted by Crippen LogP contribution is -2.55. The number of unbranched alkanes of at least 4 members (excludes halogenated alkanes) is 2. The molecular weight excluding hydrogens is 200 g/mol. The van der Waals surface area contributed by atoms with Gasteiger partial charge >= 0.3 is 0 Å². The van der Waals surface area contributed by atoms with Gasteiger partial charge in [0.25, 0.3) is 0 Å². The zero-order chi connectivity index (χ0) is 11.4. The first-order valence-electron chi connectivity index (χ1n) is 6.57. The molecule has 2 saturated heterocycles. The molecule has 2 bridgehead atoms. The van der Waals surface area contributed by atoms with E-state index in [0.717, 1.165) is 32.1 Å². The number of nitriles is 1. The van der Waals surface area contributed by atoms with Gasteiger partial charge in [0.15, 0.2) is 0 Å². The van der Waals surface area contributed by atoms with Crippen LogP contribution in [0.2, 0.25) is 0 Å². The second kappa shape index (κ2) is 5.16. The minimum absolute atomic E-state index is 0.448. The Balaban J connectivity index is 1.80. The van der Waals surface area contributed by atoms with Crippen molar-refractivity contribution in [2.45, 2.75) is 75.5 Å². The number of piperidine rings is 2. The van der Waals surface area contributed by atoms with Gasteiger partial charge in [0.2, 0.25) is 0 Å². The summed E-state index contributed by atoms with van der Waals surface area (Å²) in [7, 11) is 0. The molecule has 90 valence electrons. The molecule has 0 aromatic carbocycles. The monoisotopic (exact) mass is 222 g/mol. The third-order valence-corrected chi connectivity index (χ3v) is 4.01.